The first kappa shape index (κ1) is 23.3. The highest BCUT2D eigenvalue weighted by molar-refractivity contribution is 6.34. The van der Waals surface area contributed by atoms with Crippen molar-refractivity contribution in [2.45, 2.75) is 51.7 Å². The van der Waals surface area contributed by atoms with Crippen molar-refractivity contribution in [2.75, 3.05) is 6.61 Å². The summed E-state index contributed by atoms with van der Waals surface area (Å²) in [4.78, 5) is 53.8. The molecule has 0 bridgehead atoms. The van der Waals surface area contributed by atoms with Crippen LogP contribution in [0.3, 0.4) is 0 Å². The summed E-state index contributed by atoms with van der Waals surface area (Å²) in [5.41, 5.74) is -2.07. The van der Waals surface area contributed by atoms with Crippen molar-refractivity contribution in [1.82, 2.24) is 14.5 Å². The summed E-state index contributed by atoms with van der Waals surface area (Å²) in [5, 5.41) is 11.4. The molecule has 0 spiro atoms. The molecule has 3 rings (SSSR count). The van der Waals surface area contributed by atoms with Crippen LogP contribution in [-0.4, -0.2) is 61.8 Å². The molecule has 0 saturated carbocycles. The van der Waals surface area contributed by atoms with Gasteiger partial charge < -0.3 is 18.9 Å². The van der Waals surface area contributed by atoms with Crippen molar-refractivity contribution in [3.05, 3.63) is 27.8 Å². The third-order valence-electron chi connectivity index (χ3n) is 4.80. The van der Waals surface area contributed by atoms with Crippen molar-refractivity contribution in [3.63, 3.8) is 0 Å². The van der Waals surface area contributed by atoms with Gasteiger partial charge >= 0.3 is 17.9 Å². The lowest BCUT2D eigenvalue weighted by Crippen LogP contribution is -2.50. The van der Waals surface area contributed by atoms with Gasteiger partial charge in [0, 0.05) is 20.8 Å². The molecule has 4 atom stereocenters. The van der Waals surface area contributed by atoms with Crippen molar-refractivity contribution in [2.24, 2.45) is 0 Å². The molecule has 0 aliphatic carbocycles. The summed E-state index contributed by atoms with van der Waals surface area (Å²) in [7, 11) is 0. The van der Waals surface area contributed by atoms with E-state index in [-0.39, 0.29) is 22.8 Å². The van der Waals surface area contributed by atoms with Crippen LogP contribution in [0.25, 0.3) is 11.0 Å². The maximum atomic E-state index is 11.9. The maximum absolute atomic E-state index is 11.9. The Morgan fingerprint density at radius 2 is 1.94 bits per heavy atom. The minimum Gasteiger partial charge on any atom is -0.463 e. The Bertz CT molecular complexity index is 1100. The molecule has 32 heavy (non-hydrogen) atoms. The fourth-order valence-corrected chi connectivity index (χ4v) is 3.91. The maximum Gasteiger partial charge on any atom is 0.303 e. The van der Waals surface area contributed by atoms with Crippen LogP contribution in [0.15, 0.2) is 12.5 Å². The zero-order valence-corrected chi connectivity index (χ0v) is 18.2. The molecule has 1 fully saturated rings. The molecular formula is C18H19ClN4O9. The Morgan fingerprint density at radius 3 is 2.50 bits per heavy atom. The molecule has 1 saturated heterocycles. The number of fused-ring (bicyclic) bond motifs is 1. The van der Waals surface area contributed by atoms with Crippen LogP contribution >= 0.6 is 11.6 Å². The Hall–Kier alpha value is -3.32. The van der Waals surface area contributed by atoms with E-state index in [9.17, 15) is 24.5 Å². The van der Waals surface area contributed by atoms with E-state index in [0.717, 1.165) is 26.4 Å². The zero-order valence-electron chi connectivity index (χ0n) is 17.4. The van der Waals surface area contributed by atoms with Crippen LogP contribution in [0.1, 0.15) is 33.9 Å². The molecule has 0 amide bonds. The third-order valence-corrected chi connectivity index (χ3v) is 5.08. The van der Waals surface area contributed by atoms with Crippen molar-refractivity contribution < 1.29 is 38.3 Å². The zero-order chi connectivity index (χ0) is 23.8. The summed E-state index contributed by atoms with van der Waals surface area (Å²) in [6.07, 6.45) is -1.34. The van der Waals surface area contributed by atoms with Gasteiger partial charge in [-0.25, -0.2) is 9.97 Å². The number of esters is 3. The van der Waals surface area contributed by atoms with E-state index in [1.807, 2.05) is 0 Å². The normalized spacial score (nSPS) is 24.8. The second kappa shape index (κ2) is 8.67. The van der Waals surface area contributed by atoms with E-state index < -0.39 is 52.6 Å². The average Bonchev–Trinajstić information content (AvgIpc) is 3.17. The number of rotatable bonds is 6. The molecule has 2 aromatic rings. The number of nitro groups is 1. The van der Waals surface area contributed by atoms with E-state index in [4.69, 9.17) is 30.5 Å². The monoisotopic (exact) mass is 470 g/mol. The molecule has 0 aromatic carbocycles. The number of nitrogens with zero attached hydrogens (tertiary/aromatic N) is 4. The van der Waals surface area contributed by atoms with E-state index >= 15 is 0 Å². The quantitative estimate of drug-likeness (QED) is 0.198. The second-order valence-electron chi connectivity index (χ2n) is 7.18. The lowest BCUT2D eigenvalue weighted by molar-refractivity contribution is -0.383. The Balaban J connectivity index is 2.20. The summed E-state index contributed by atoms with van der Waals surface area (Å²) in [6, 6.07) is 0. The smallest absolute Gasteiger partial charge is 0.303 e. The number of aromatic nitrogens is 3. The van der Waals surface area contributed by atoms with E-state index in [1.54, 1.807) is 0 Å². The van der Waals surface area contributed by atoms with Crippen molar-refractivity contribution >= 4 is 46.2 Å². The predicted molar refractivity (Wildman–Crippen MR) is 105 cm³/mol. The van der Waals surface area contributed by atoms with Gasteiger partial charge in [-0.15, -0.1) is 0 Å². The van der Waals surface area contributed by atoms with Crippen LogP contribution in [0.2, 0.25) is 5.15 Å². The number of carbonyl (C=O) groups excluding carboxylic acids is 3. The van der Waals surface area contributed by atoms with Crippen LogP contribution in [0.4, 0.5) is 5.69 Å². The molecule has 1 aliphatic heterocycles. The van der Waals surface area contributed by atoms with Gasteiger partial charge in [0.2, 0.25) is 0 Å². The average molecular weight is 471 g/mol. The highest BCUT2D eigenvalue weighted by Crippen LogP contribution is 2.46. The molecule has 1 aliphatic rings. The topological polar surface area (TPSA) is 162 Å². The summed E-state index contributed by atoms with van der Waals surface area (Å²) in [5.74, 6) is -2.06. The van der Waals surface area contributed by atoms with Crippen LogP contribution in [-0.2, 0) is 33.3 Å². The van der Waals surface area contributed by atoms with Crippen molar-refractivity contribution in [3.8, 4) is 0 Å². The number of ether oxygens (including phenoxy) is 4. The first-order valence-electron chi connectivity index (χ1n) is 9.26. The molecule has 2 aromatic heterocycles. The van der Waals surface area contributed by atoms with E-state index in [1.165, 1.54) is 18.4 Å². The van der Waals surface area contributed by atoms with Gasteiger partial charge in [0.05, 0.1) is 11.1 Å². The van der Waals surface area contributed by atoms with Gasteiger partial charge in [-0.05, 0) is 6.92 Å². The number of halogens is 1. The molecule has 3 heterocycles. The number of carbonyl (C=O) groups is 3. The molecule has 0 radical (unpaired) electrons. The van der Waals surface area contributed by atoms with Gasteiger partial charge in [0.25, 0.3) is 5.69 Å². The first-order valence-corrected chi connectivity index (χ1v) is 9.64. The van der Waals surface area contributed by atoms with Crippen LogP contribution in [0, 0.1) is 10.1 Å². The van der Waals surface area contributed by atoms with Gasteiger partial charge in [0.15, 0.2) is 23.6 Å². The van der Waals surface area contributed by atoms with Crippen LogP contribution < -0.4 is 0 Å². The Labute approximate surface area is 185 Å². The molecule has 0 unspecified atom stereocenters. The molecule has 172 valence electrons. The second-order valence-corrected chi connectivity index (χ2v) is 7.54. The van der Waals surface area contributed by atoms with E-state index in [0.29, 0.717) is 0 Å². The highest BCUT2D eigenvalue weighted by Gasteiger charge is 2.60. The fourth-order valence-electron chi connectivity index (χ4n) is 3.69. The third kappa shape index (κ3) is 4.21. The minimum absolute atomic E-state index is 0.0230. The molecule has 0 N–H and O–H groups in total. The predicted octanol–water partition coefficient (Wildman–Crippen LogP) is 1.71. The number of hydrogen-bond donors (Lipinski definition) is 0. The SMILES string of the molecule is CC(=O)OC[C@H]1O[C@@H](n2cc([N+](=O)[O-])c3c(Cl)ncnc32)[C@](C)(OC(C)=O)[C@@H]1OC(C)=O. The Morgan fingerprint density at radius 1 is 1.25 bits per heavy atom. The van der Waals surface area contributed by atoms with Gasteiger partial charge in [-0.3, -0.25) is 29.1 Å². The first-order chi connectivity index (χ1) is 15.0. The standard InChI is InChI=1S/C18H19ClN4O9/c1-8(24)29-6-12-14(30-9(2)25)18(4,32-10(3)26)17(31-12)22-5-11(23(27)28)13-15(19)20-7-21-16(13)22/h5,7,12,14,17H,6H2,1-4H3/t12-,14-,17-,18-/m1/s1. The molecule has 14 heteroatoms. The number of hydrogen-bond acceptors (Lipinski definition) is 11. The summed E-state index contributed by atoms with van der Waals surface area (Å²) in [6.45, 7) is 4.56. The van der Waals surface area contributed by atoms with Crippen molar-refractivity contribution in [1.29, 1.82) is 0 Å². The lowest BCUT2D eigenvalue weighted by atomic mass is 9.95. The Kier molecular flexibility index (Phi) is 6.32. The van der Waals surface area contributed by atoms with Gasteiger partial charge in [0.1, 0.15) is 29.6 Å². The van der Waals surface area contributed by atoms with Gasteiger partial charge in [-0.1, -0.05) is 11.6 Å². The van der Waals surface area contributed by atoms with Crippen LogP contribution in [0.5, 0.6) is 0 Å². The largest absolute Gasteiger partial charge is 0.463 e. The molecule has 13 nitrogen and oxygen atoms in total. The lowest BCUT2D eigenvalue weighted by Gasteiger charge is -2.34. The summed E-state index contributed by atoms with van der Waals surface area (Å²) < 4.78 is 23.1. The summed E-state index contributed by atoms with van der Waals surface area (Å²) >= 11 is 6.07. The molecular weight excluding hydrogens is 452 g/mol. The van der Waals surface area contributed by atoms with Gasteiger partial charge in [-0.2, -0.15) is 0 Å². The fraction of sp³-hybridized carbons (Fsp3) is 0.500. The minimum atomic E-state index is -1.68. The van der Waals surface area contributed by atoms with E-state index in [2.05, 4.69) is 9.97 Å². The highest BCUT2D eigenvalue weighted by atomic mass is 35.5.